The molecule has 0 aliphatic heterocycles. The van der Waals surface area contributed by atoms with E-state index in [1.807, 2.05) is 0 Å². The zero-order chi connectivity index (χ0) is 13.3. The Hall–Kier alpha value is -1.34. The average molecular weight is 336 g/mol. The maximum atomic E-state index is 13.3. The second-order valence-electron chi connectivity index (χ2n) is 3.30. The molecule has 7 heteroatoms. The second kappa shape index (κ2) is 5.11. The quantitative estimate of drug-likeness (QED) is 0.819. The molecule has 0 aliphatic rings. The van der Waals surface area contributed by atoms with Crippen molar-refractivity contribution in [3.8, 4) is 0 Å². The standard InChI is InChI=1S/C11H5BrF3NOS/c12-6-1-2-18-10(6)11(17)16-8-4-5(13)3-7(14)9(8)15/h1-4H,(H,16,17). The molecular weight excluding hydrogens is 331 g/mol. The van der Waals surface area contributed by atoms with Crippen molar-refractivity contribution in [2.45, 2.75) is 0 Å². The summed E-state index contributed by atoms with van der Waals surface area (Å²) in [5, 5.41) is 3.78. The number of hydrogen-bond acceptors (Lipinski definition) is 2. The number of carbonyl (C=O) groups is 1. The van der Waals surface area contributed by atoms with Gasteiger partial charge in [0.15, 0.2) is 11.6 Å². The van der Waals surface area contributed by atoms with E-state index in [0.29, 0.717) is 15.4 Å². The highest BCUT2D eigenvalue weighted by atomic mass is 79.9. The number of thiophene rings is 1. The van der Waals surface area contributed by atoms with Gasteiger partial charge in [0, 0.05) is 16.6 Å². The molecule has 0 unspecified atom stereocenters. The molecule has 94 valence electrons. The highest BCUT2D eigenvalue weighted by Gasteiger charge is 2.16. The number of hydrogen-bond donors (Lipinski definition) is 1. The Morgan fingerprint density at radius 1 is 1.28 bits per heavy atom. The Kier molecular flexibility index (Phi) is 3.72. The molecule has 0 bridgehead atoms. The number of nitrogens with one attached hydrogen (secondary N) is 1. The van der Waals surface area contributed by atoms with Gasteiger partial charge in [0.05, 0.1) is 5.69 Å². The van der Waals surface area contributed by atoms with Crippen LogP contribution < -0.4 is 5.32 Å². The number of benzene rings is 1. The first-order chi connectivity index (χ1) is 8.49. The van der Waals surface area contributed by atoms with Gasteiger partial charge < -0.3 is 5.32 Å². The number of halogens is 4. The summed E-state index contributed by atoms with van der Waals surface area (Å²) in [6.45, 7) is 0. The van der Waals surface area contributed by atoms with Gasteiger partial charge in [0.25, 0.3) is 5.91 Å². The number of rotatable bonds is 2. The Morgan fingerprint density at radius 2 is 2.00 bits per heavy atom. The molecule has 2 aromatic rings. The molecule has 1 aromatic heterocycles. The molecule has 1 aromatic carbocycles. The molecule has 1 heterocycles. The van der Waals surface area contributed by atoms with Crippen molar-refractivity contribution in [3.63, 3.8) is 0 Å². The fourth-order valence-corrected chi connectivity index (χ4v) is 2.73. The molecular formula is C11H5BrF3NOS. The summed E-state index contributed by atoms with van der Waals surface area (Å²) in [5.41, 5.74) is -0.530. The first kappa shape index (κ1) is 13.1. The third-order valence-corrected chi connectivity index (χ3v) is 3.90. The predicted molar refractivity (Wildman–Crippen MR) is 66.3 cm³/mol. The summed E-state index contributed by atoms with van der Waals surface area (Å²) in [6.07, 6.45) is 0. The van der Waals surface area contributed by atoms with Crippen LogP contribution in [0.4, 0.5) is 18.9 Å². The smallest absolute Gasteiger partial charge is 0.266 e. The number of amides is 1. The summed E-state index contributed by atoms with van der Waals surface area (Å²) < 4.78 is 39.7. The minimum Gasteiger partial charge on any atom is -0.319 e. The summed E-state index contributed by atoms with van der Waals surface area (Å²) in [4.78, 5) is 12.0. The highest BCUT2D eigenvalue weighted by Crippen LogP contribution is 2.25. The maximum absolute atomic E-state index is 13.3. The van der Waals surface area contributed by atoms with Gasteiger partial charge >= 0.3 is 0 Å². The van der Waals surface area contributed by atoms with Crippen LogP contribution in [0.1, 0.15) is 9.67 Å². The van der Waals surface area contributed by atoms with Crippen LogP contribution in [0.25, 0.3) is 0 Å². The van der Waals surface area contributed by atoms with Crippen molar-refractivity contribution in [3.05, 3.63) is 50.4 Å². The van der Waals surface area contributed by atoms with Crippen LogP contribution in [0, 0.1) is 17.5 Å². The van der Waals surface area contributed by atoms with Crippen molar-refractivity contribution in [2.24, 2.45) is 0 Å². The van der Waals surface area contributed by atoms with Crippen molar-refractivity contribution >= 4 is 38.9 Å². The third kappa shape index (κ3) is 2.56. The van der Waals surface area contributed by atoms with E-state index in [2.05, 4.69) is 21.2 Å². The SMILES string of the molecule is O=C(Nc1cc(F)cc(F)c1F)c1sccc1Br. The molecule has 1 N–H and O–H groups in total. The zero-order valence-corrected chi connectivity index (χ0v) is 11.0. The normalized spacial score (nSPS) is 10.4. The van der Waals surface area contributed by atoms with Crippen LogP contribution in [0.2, 0.25) is 0 Å². The van der Waals surface area contributed by atoms with E-state index in [1.165, 1.54) is 0 Å². The van der Waals surface area contributed by atoms with E-state index in [1.54, 1.807) is 11.4 Å². The highest BCUT2D eigenvalue weighted by molar-refractivity contribution is 9.10. The molecule has 0 saturated carbocycles. The van der Waals surface area contributed by atoms with Crippen molar-refractivity contribution in [2.75, 3.05) is 5.32 Å². The Morgan fingerprint density at radius 3 is 2.61 bits per heavy atom. The summed E-state index contributed by atoms with van der Waals surface area (Å²) in [6, 6.07) is 2.77. The van der Waals surface area contributed by atoms with Crippen LogP contribution in [0.15, 0.2) is 28.1 Å². The van der Waals surface area contributed by atoms with E-state index in [4.69, 9.17) is 0 Å². The van der Waals surface area contributed by atoms with Gasteiger partial charge in [0.2, 0.25) is 0 Å². The summed E-state index contributed by atoms with van der Waals surface area (Å²) >= 11 is 4.26. The van der Waals surface area contributed by atoms with Gasteiger partial charge in [-0.25, -0.2) is 13.2 Å². The predicted octanol–water partition coefficient (Wildman–Crippen LogP) is 4.18. The van der Waals surface area contributed by atoms with Crippen molar-refractivity contribution < 1.29 is 18.0 Å². The minimum atomic E-state index is -1.35. The van der Waals surface area contributed by atoms with Crippen LogP contribution in [-0.2, 0) is 0 Å². The molecule has 1 amide bonds. The van der Waals surface area contributed by atoms with Crippen LogP contribution in [0.3, 0.4) is 0 Å². The Balaban J connectivity index is 2.30. The first-order valence-corrected chi connectivity index (χ1v) is 6.35. The molecule has 0 atom stereocenters. The van der Waals surface area contributed by atoms with Gasteiger partial charge in [-0.1, -0.05) is 0 Å². The molecule has 0 saturated heterocycles. The van der Waals surface area contributed by atoms with Crippen LogP contribution in [0.5, 0.6) is 0 Å². The largest absolute Gasteiger partial charge is 0.319 e. The Labute approximate surface area is 113 Å². The lowest BCUT2D eigenvalue weighted by Gasteiger charge is -2.06. The van der Waals surface area contributed by atoms with E-state index < -0.39 is 29.0 Å². The second-order valence-corrected chi connectivity index (χ2v) is 5.07. The molecule has 0 spiro atoms. The van der Waals surface area contributed by atoms with Crippen LogP contribution >= 0.6 is 27.3 Å². The van der Waals surface area contributed by atoms with E-state index >= 15 is 0 Å². The third-order valence-electron chi connectivity index (χ3n) is 2.06. The Bertz CT molecular complexity index is 614. The van der Waals surface area contributed by atoms with Gasteiger partial charge in [-0.3, -0.25) is 4.79 Å². The summed E-state index contributed by atoms with van der Waals surface area (Å²) in [7, 11) is 0. The minimum absolute atomic E-state index is 0.291. The topological polar surface area (TPSA) is 29.1 Å². The lowest BCUT2D eigenvalue weighted by Crippen LogP contribution is -2.13. The molecule has 0 aliphatic carbocycles. The monoisotopic (exact) mass is 335 g/mol. The zero-order valence-electron chi connectivity index (χ0n) is 8.64. The van der Waals surface area contributed by atoms with E-state index in [0.717, 1.165) is 17.4 Å². The fourth-order valence-electron chi connectivity index (χ4n) is 1.28. The number of anilines is 1. The van der Waals surface area contributed by atoms with Gasteiger partial charge in [-0.15, -0.1) is 11.3 Å². The van der Waals surface area contributed by atoms with Crippen molar-refractivity contribution in [1.82, 2.24) is 0 Å². The molecule has 0 radical (unpaired) electrons. The lowest BCUT2D eigenvalue weighted by molar-refractivity contribution is 0.102. The number of carbonyl (C=O) groups excluding carboxylic acids is 1. The first-order valence-electron chi connectivity index (χ1n) is 4.68. The summed E-state index contributed by atoms with van der Waals surface area (Å²) in [5.74, 6) is -4.25. The fraction of sp³-hybridized carbons (Fsp3) is 0. The van der Waals surface area contributed by atoms with Crippen LogP contribution in [-0.4, -0.2) is 5.91 Å². The van der Waals surface area contributed by atoms with Gasteiger partial charge in [0.1, 0.15) is 10.7 Å². The van der Waals surface area contributed by atoms with Crippen molar-refractivity contribution in [1.29, 1.82) is 0 Å². The van der Waals surface area contributed by atoms with E-state index in [9.17, 15) is 18.0 Å². The van der Waals surface area contributed by atoms with Gasteiger partial charge in [-0.05, 0) is 27.4 Å². The average Bonchev–Trinajstić information content (AvgIpc) is 2.71. The molecule has 2 rings (SSSR count). The maximum Gasteiger partial charge on any atom is 0.266 e. The molecule has 2 nitrogen and oxygen atoms in total. The molecule has 0 fully saturated rings. The van der Waals surface area contributed by atoms with E-state index in [-0.39, 0.29) is 0 Å². The lowest BCUT2D eigenvalue weighted by atomic mass is 10.2. The van der Waals surface area contributed by atoms with Gasteiger partial charge in [-0.2, -0.15) is 0 Å². The molecule has 18 heavy (non-hydrogen) atoms.